The van der Waals surface area contributed by atoms with Gasteiger partial charge in [-0.05, 0) is 34.4 Å². The van der Waals surface area contributed by atoms with E-state index in [2.05, 4.69) is 50.0 Å². The Balaban J connectivity index is 2.56. The lowest BCUT2D eigenvalue weighted by Crippen LogP contribution is -2.58. The van der Waals surface area contributed by atoms with Crippen molar-refractivity contribution in [3.8, 4) is 0 Å². The number of likely N-dealkylation sites (N-methyl/N-ethyl adjacent to an activating group) is 2. The molecule has 1 aliphatic rings. The molecule has 1 N–H and O–H groups in total. The standard InChI is InChI=1S/C13H29N3/c1-6-7-13(8-14-4)16-9-11(2)15(5)12(3)10-16/h11-14H,6-10H2,1-5H3. The molecule has 0 aromatic heterocycles. The van der Waals surface area contributed by atoms with E-state index in [1.807, 2.05) is 0 Å². The summed E-state index contributed by atoms with van der Waals surface area (Å²) in [5, 5.41) is 3.34. The summed E-state index contributed by atoms with van der Waals surface area (Å²) < 4.78 is 0. The first kappa shape index (κ1) is 13.9. The van der Waals surface area contributed by atoms with Gasteiger partial charge in [0.25, 0.3) is 0 Å². The molecule has 16 heavy (non-hydrogen) atoms. The average molecular weight is 227 g/mol. The summed E-state index contributed by atoms with van der Waals surface area (Å²) in [6, 6.07) is 2.08. The molecular formula is C13H29N3. The molecule has 96 valence electrons. The van der Waals surface area contributed by atoms with Gasteiger partial charge in [-0.15, -0.1) is 0 Å². The number of nitrogens with zero attached hydrogens (tertiary/aromatic N) is 2. The van der Waals surface area contributed by atoms with Crippen LogP contribution in [-0.4, -0.2) is 61.7 Å². The molecule has 1 aliphatic heterocycles. The van der Waals surface area contributed by atoms with Crippen LogP contribution in [0.1, 0.15) is 33.6 Å². The largest absolute Gasteiger partial charge is 0.318 e. The number of rotatable bonds is 5. The van der Waals surface area contributed by atoms with Gasteiger partial charge >= 0.3 is 0 Å². The van der Waals surface area contributed by atoms with E-state index in [-0.39, 0.29) is 0 Å². The molecular weight excluding hydrogens is 198 g/mol. The Kier molecular flexibility index (Phi) is 5.73. The van der Waals surface area contributed by atoms with Crippen molar-refractivity contribution in [2.24, 2.45) is 0 Å². The van der Waals surface area contributed by atoms with E-state index in [0.717, 1.165) is 6.54 Å². The highest BCUT2D eigenvalue weighted by Crippen LogP contribution is 2.17. The highest BCUT2D eigenvalue weighted by molar-refractivity contribution is 4.86. The van der Waals surface area contributed by atoms with Gasteiger partial charge in [0.1, 0.15) is 0 Å². The molecule has 0 bridgehead atoms. The van der Waals surface area contributed by atoms with Crippen molar-refractivity contribution in [3.05, 3.63) is 0 Å². The minimum atomic E-state index is 0.681. The zero-order valence-electron chi connectivity index (χ0n) is 11.7. The van der Waals surface area contributed by atoms with Crippen molar-refractivity contribution in [2.45, 2.75) is 51.7 Å². The maximum Gasteiger partial charge on any atom is 0.0221 e. The minimum Gasteiger partial charge on any atom is -0.318 e. The lowest BCUT2D eigenvalue weighted by atomic mass is 10.0. The molecule has 3 nitrogen and oxygen atoms in total. The van der Waals surface area contributed by atoms with Crippen LogP contribution in [0.15, 0.2) is 0 Å². The predicted molar refractivity (Wildman–Crippen MR) is 70.9 cm³/mol. The molecule has 0 aliphatic carbocycles. The van der Waals surface area contributed by atoms with Gasteiger partial charge in [0, 0.05) is 37.8 Å². The molecule has 0 aromatic rings. The second kappa shape index (κ2) is 6.58. The summed E-state index contributed by atoms with van der Waals surface area (Å²) in [5.74, 6) is 0. The predicted octanol–water partition coefficient (Wildman–Crippen LogP) is 1.40. The maximum atomic E-state index is 3.34. The number of hydrogen-bond donors (Lipinski definition) is 1. The van der Waals surface area contributed by atoms with Crippen LogP contribution in [0.5, 0.6) is 0 Å². The summed E-state index contributed by atoms with van der Waals surface area (Å²) in [5.41, 5.74) is 0. The molecule has 0 aromatic carbocycles. The van der Waals surface area contributed by atoms with Crippen molar-refractivity contribution in [1.29, 1.82) is 0 Å². The fourth-order valence-electron chi connectivity index (χ4n) is 2.73. The minimum absolute atomic E-state index is 0.681. The van der Waals surface area contributed by atoms with Crippen LogP contribution in [0.4, 0.5) is 0 Å². The van der Waals surface area contributed by atoms with E-state index in [0.29, 0.717) is 18.1 Å². The smallest absolute Gasteiger partial charge is 0.0221 e. The van der Waals surface area contributed by atoms with Gasteiger partial charge in [-0.1, -0.05) is 13.3 Å². The van der Waals surface area contributed by atoms with Gasteiger partial charge in [0.15, 0.2) is 0 Å². The molecule has 1 rings (SSSR count). The topological polar surface area (TPSA) is 18.5 Å². The Morgan fingerprint density at radius 3 is 2.25 bits per heavy atom. The van der Waals surface area contributed by atoms with Gasteiger partial charge in [0.2, 0.25) is 0 Å². The van der Waals surface area contributed by atoms with E-state index in [1.165, 1.54) is 25.9 Å². The first-order valence-electron chi connectivity index (χ1n) is 6.70. The normalized spacial score (nSPS) is 30.6. The average Bonchev–Trinajstić information content (AvgIpc) is 2.25. The molecule has 3 atom stereocenters. The van der Waals surface area contributed by atoms with Crippen molar-refractivity contribution in [2.75, 3.05) is 33.7 Å². The highest BCUT2D eigenvalue weighted by Gasteiger charge is 2.29. The van der Waals surface area contributed by atoms with Crippen LogP contribution in [0.25, 0.3) is 0 Å². The van der Waals surface area contributed by atoms with Crippen molar-refractivity contribution >= 4 is 0 Å². The van der Waals surface area contributed by atoms with E-state index in [9.17, 15) is 0 Å². The molecule has 1 fully saturated rings. The van der Waals surface area contributed by atoms with Crippen LogP contribution >= 0.6 is 0 Å². The Morgan fingerprint density at radius 2 is 1.81 bits per heavy atom. The summed E-state index contributed by atoms with van der Waals surface area (Å²) in [6.45, 7) is 10.5. The van der Waals surface area contributed by atoms with E-state index in [1.54, 1.807) is 0 Å². The van der Waals surface area contributed by atoms with Crippen molar-refractivity contribution in [1.82, 2.24) is 15.1 Å². The Labute approximate surface area is 101 Å². The molecule has 0 radical (unpaired) electrons. The second-order valence-corrected chi connectivity index (χ2v) is 5.32. The summed E-state index contributed by atoms with van der Waals surface area (Å²) in [7, 11) is 4.31. The molecule has 3 heteroatoms. The maximum absolute atomic E-state index is 3.34. The fourth-order valence-corrected chi connectivity index (χ4v) is 2.73. The zero-order chi connectivity index (χ0) is 12.1. The van der Waals surface area contributed by atoms with Crippen LogP contribution in [0.3, 0.4) is 0 Å². The zero-order valence-corrected chi connectivity index (χ0v) is 11.7. The van der Waals surface area contributed by atoms with Crippen LogP contribution in [0.2, 0.25) is 0 Å². The molecule has 3 unspecified atom stereocenters. The van der Waals surface area contributed by atoms with Gasteiger partial charge in [-0.2, -0.15) is 0 Å². The van der Waals surface area contributed by atoms with E-state index >= 15 is 0 Å². The lowest BCUT2D eigenvalue weighted by molar-refractivity contribution is 0.0315. The summed E-state index contributed by atoms with van der Waals surface area (Å²) in [6.07, 6.45) is 2.59. The first-order valence-corrected chi connectivity index (χ1v) is 6.70. The lowest BCUT2D eigenvalue weighted by Gasteiger charge is -2.45. The number of piperazine rings is 1. The van der Waals surface area contributed by atoms with Crippen LogP contribution < -0.4 is 5.32 Å². The molecule has 1 heterocycles. The monoisotopic (exact) mass is 227 g/mol. The third-order valence-electron chi connectivity index (χ3n) is 3.97. The molecule has 1 saturated heterocycles. The van der Waals surface area contributed by atoms with Crippen LogP contribution in [-0.2, 0) is 0 Å². The quantitative estimate of drug-likeness (QED) is 0.766. The van der Waals surface area contributed by atoms with E-state index in [4.69, 9.17) is 0 Å². The Hall–Kier alpha value is -0.120. The first-order chi connectivity index (χ1) is 7.60. The number of hydrogen-bond acceptors (Lipinski definition) is 3. The Morgan fingerprint density at radius 1 is 1.25 bits per heavy atom. The SMILES string of the molecule is CCCC(CNC)N1CC(C)N(C)C(C)C1. The molecule has 0 amide bonds. The van der Waals surface area contributed by atoms with Crippen molar-refractivity contribution < 1.29 is 0 Å². The van der Waals surface area contributed by atoms with Gasteiger partial charge < -0.3 is 5.32 Å². The summed E-state index contributed by atoms with van der Waals surface area (Å²) >= 11 is 0. The van der Waals surface area contributed by atoms with Crippen LogP contribution in [0, 0.1) is 0 Å². The molecule has 0 saturated carbocycles. The second-order valence-electron chi connectivity index (χ2n) is 5.32. The van der Waals surface area contributed by atoms with Gasteiger partial charge in [-0.3, -0.25) is 9.80 Å². The summed E-state index contributed by atoms with van der Waals surface area (Å²) in [4.78, 5) is 5.17. The molecule has 0 spiro atoms. The highest BCUT2D eigenvalue weighted by atomic mass is 15.3. The van der Waals surface area contributed by atoms with Crippen molar-refractivity contribution in [3.63, 3.8) is 0 Å². The van der Waals surface area contributed by atoms with Gasteiger partial charge in [-0.25, -0.2) is 0 Å². The third kappa shape index (κ3) is 3.44. The Bertz CT molecular complexity index is 178. The van der Waals surface area contributed by atoms with Gasteiger partial charge in [0.05, 0.1) is 0 Å². The third-order valence-corrected chi connectivity index (χ3v) is 3.97. The van der Waals surface area contributed by atoms with E-state index < -0.39 is 0 Å². The fraction of sp³-hybridized carbons (Fsp3) is 1.00. The number of nitrogens with one attached hydrogen (secondary N) is 1.